The molecule has 2 rings (SSSR count). The number of aromatic nitrogens is 2. The third-order valence-corrected chi connectivity index (χ3v) is 2.45. The van der Waals surface area contributed by atoms with Gasteiger partial charge in [0.1, 0.15) is 12.4 Å². The number of hydrogen-bond donors (Lipinski definition) is 1. The second kappa shape index (κ2) is 5.65. The highest BCUT2D eigenvalue weighted by Gasteiger charge is 2.15. The summed E-state index contributed by atoms with van der Waals surface area (Å²) in [5, 5.41) is 3.30. The fourth-order valence-electron chi connectivity index (χ4n) is 1.71. The van der Waals surface area contributed by atoms with Crippen LogP contribution >= 0.6 is 0 Å². The van der Waals surface area contributed by atoms with Gasteiger partial charge in [0.2, 0.25) is 11.8 Å². The molecule has 1 saturated heterocycles. The van der Waals surface area contributed by atoms with E-state index < -0.39 is 0 Å². The van der Waals surface area contributed by atoms with Crippen molar-refractivity contribution < 1.29 is 9.47 Å². The monoisotopic (exact) mass is 223 g/mol. The van der Waals surface area contributed by atoms with Crippen molar-refractivity contribution in [2.75, 3.05) is 19.7 Å². The number of piperidine rings is 1. The van der Waals surface area contributed by atoms with Crippen LogP contribution in [0.5, 0.6) is 11.8 Å². The van der Waals surface area contributed by atoms with Gasteiger partial charge in [0, 0.05) is 6.54 Å². The van der Waals surface area contributed by atoms with Gasteiger partial charge >= 0.3 is 0 Å². The van der Waals surface area contributed by atoms with Gasteiger partial charge in [-0.15, -0.1) is 0 Å². The van der Waals surface area contributed by atoms with E-state index in [0.717, 1.165) is 25.9 Å². The number of nitrogens with one attached hydrogen (secondary N) is 1. The Kier molecular flexibility index (Phi) is 3.93. The fourth-order valence-corrected chi connectivity index (χ4v) is 1.71. The molecule has 0 aromatic carbocycles. The molecule has 0 aliphatic carbocycles. The van der Waals surface area contributed by atoms with Gasteiger partial charge in [-0.2, -0.15) is 0 Å². The van der Waals surface area contributed by atoms with Gasteiger partial charge in [0.15, 0.2) is 0 Å². The van der Waals surface area contributed by atoms with Crippen molar-refractivity contribution in [1.82, 2.24) is 15.3 Å². The first-order chi connectivity index (χ1) is 7.88. The Morgan fingerprint density at radius 1 is 1.44 bits per heavy atom. The first-order valence-electron chi connectivity index (χ1n) is 5.70. The number of ether oxygens (including phenoxy) is 2. The fraction of sp³-hybridized carbons (Fsp3) is 0.636. The predicted molar refractivity (Wildman–Crippen MR) is 59.7 cm³/mol. The summed E-state index contributed by atoms with van der Waals surface area (Å²) in [7, 11) is 0. The topological polar surface area (TPSA) is 56.3 Å². The van der Waals surface area contributed by atoms with Gasteiger partial charge in [-0.1, -0.05) is 0 Å². The number of nitrogens with zero attached hydrogens (tertiary/aromatic N) is 2. The maximum atomic E-state index is 5.75. The molecule has 1 aromatic rings. The van der Waals surface area contributed by atoms with Crippen LogP contribution in [0.15, 0.2) is 12.4 Å². The van der Waals surface area contributed by atoms with Crippen molar-refractivity contribution >= 4 is 0 Å². The summed E-state index contributed by atoms with van der Waals surface area (Å²) >= 11 is 0. The van der Waals surface area contributed by atoms with Crippen LogP contribution < -0.4 is 14.8 Å². The van der Waals surface area contributed by atoms with Gasteiger partial charge in [0.05, 0.1) is 12.7 Å². The molecule has 1 N–H and O–H groups in total. The molecule has 0 saturated carbocycles. The smallest absolute Gasteiger partial charge is 0.220 e. The number of hydrogen-bond acceptors (Lipinski definition) is 5. The molecule has 1 atom stereocenters. The van der Waals surface area contributed by atoms with Crippen LogP contribution in [0.2, 0.25) is 0 Å². The van der Waals surface area contributed by atoms with E-state index in [1.165, 1.54) is 6.33 Å². The molecule has 1 aliphatic rings. The first kappa shape index (κ1) is 11.1. The quantitative estimate of drug-likeness (QED) is 0.825. The Morgan fingerprint density at radius 2 is 2.31 bits per heavy atom. The Morgan fingerprint density at radius 3 is 3.06 bits per heavy atom. The molecule has 88 valence electrons. The van der Waals surface area contributed by atoms with Crippen LogP contribution in [0.4, 0.5) is 0 Å². The average Bonchev–Trinajstić information content (AvgIpc) is 2.31. The maximum Gasteiger partial charge on any atom is 0.220 e. The zero-order valence-corrected chi connectivity index (χ0v) is 9.48. The molecule has 0 unspecified atom stereocenters. The van der Waals surface area contributed by atoms with E-state index in [9.17, 15) is 0 Å². The lowest BCUT2D eigenvalue weighted by Crippen LogP contribution is -2.37. The Hall–Kier alpha value is -1.36. The number of rotatable bonds is 4. The molecule has 0 radical (unpaired) electrons. The summed E-state index contributed by atoms with van der Waals surface area (Å²) in [5.74, 6) is 1.16. The average molecular weight is 223 g/mol. The summed E-state index contributed by atoms with van der Waals surface area (Å²) in [6.45, 7) is 4.48. The Bertz CT molecular complexity index is 327. The van der Waals surface area contributed by atoms with Crippen molar-refractivity contribution in [3.8, 4) is 11.8 Å². The highest BCUT2D eigenvalue weighted by molar-refractivity contribution is 5.18. The third kappa shape index (κ3) is 3.06. The standard InChI is InChI=1S/C11H17N3O2/c1-2-15-10-6-11(14-8-13-10)16-9-4-3-5-12-7-9/h6,8-9,12H,2-5,7H2,1H3/t9-/m1/s1. The van der Waals surface area contributed by atoms with Gasteiger partial charge < -0.3 is 14.8 Å². The highest BCUT2D eigenvalue weighted by atomic mass is 16.5. The molecule has 1 fully saturated rings. The second-order valence-corrected chi connectivity index (χ2v) is 3.71. The van der Waals surface area contributed by atoms with Crippen molar-refractivity contribution in [2.24, 2.45) is 0 Å². The first-order valence-corrected chi connectivity index (χ1v) is 5.70. The predicted octanol–water partition coefficient (Wildman–Crippen LogP) is 1.01. The largest absolute Gasteiger partial charge is 0.478 e. The molecule has 0 bridgehead atoms. The summed E-state index contributed by atoms with van der Waals surface area (Å²) in [4.78, 5) is 8.07. The zero-order chi connectivity index (χ0) is 11.2. The van der Waals surface area contributed by atoms with E-state index >= 15 is 0 Å². The maximum absolute atomic E-state index is 5.75. The lowest BCUT2D eigenvalue weighted by molar-refractivity contribution is 0.159. The zero-order valence-electron chi connectivity index (χ0n) is 9.48. The Labute approximate surface area is 95.2 Å². The minimum absolute atomic E-state index is 0.207. The molecule has 2 heterocycles. The third-order valence-electron chi connectivity index (χ3n) is 2.45. The lowest BCUT2D eigenvalue weighted by atomic mass is 10.1. The molecule has 1 aliphatic heterocycles. The van der Waals surface area contributed by atoms with Gasteiger partial charge in [-0.3, -0.25) is 0 Å². The molecular formula is C11H17N3O2. The van der Waals surface area contributed by atoms with Crippen LogP contribution in [-0.2, 0) is 0 Å². The molecule has 16 heavy (non-hydrogen) atoms. The molecule has 5 nitrogen and oxygen atoms in total. The van der Waals surface area contributed by atoms with E-state index in [-0.39, 0.29) is 6.10 Å². The molecule has 5 heteroatoms. The van der Waals surface area contributed by atoms with Crippen LogP contribution in [0.25, 0.3) is 0 Å². The van der Waals surface area contributed by atoms with Gasteiger partial charge in [0.25, 0.3) is 0 Å². The van der Waals surface area contributed by atoms with E-state index in [2.05, 4.69) is 15.3 Å². The SMILES string of the molecule is CCOc1cc(O[C@@H]2CCCNC2)ncn1. The molecule has 1 aromatic heterocycles. The van der Waals surface area contributed by atoms with E-state index in [0.29, 0.717) is 18.4 Å². The highest BCUT2D eigenvalue weighted by Crippen LogP contribution is 2.16. The summed E-state index contributed by atoms with van der Waals surface area (Å²) < 4.78 is 11.0. The van der Waals surface area contributed by atoms with Crippen molar-refractivity contribution in [2.45, 2.75) is 25.9 Å². The summed E-state index contributed by atoms with van der Waals surface area (Å²) in [6.07, 6.45) is 3.89. The van der Waals surface area contributed by atoms with E-state index in [1.54, 1.807) is 6.07 Å². The second-order valence-electron chi connectivity index (χ2n) is 3.71. The normalized spacial score (nSPS) is 20.4. The van der Waals surface area contributed by atoms with Crippen molar-refractivity contribution in [1.29, 1.82) is 0 Å². The molecular weight excluding hydrogens is 206 g/mol. The minimum Gasteiger partial charge on any atom is -0.478 e. The van der Waals surface area contributed by atoms with Crippen LogP contribution in [0, 0.1) is 0 Å². The van der Waals surface area contributed by atoms with Gasteiger partial charge in [-0.25, -0.2) is 9.97 Å². The van der Waals surface area contributed by atoms with Crippen LogP contribution in [0.3, 0.4) is 0 Å². The molecule has 0 amide bonds. The minimum atomic E-state index is 0.207. The Balaban J connectivity index is 1.94. The summed E-state index contributed by atoms with van der Waals surface area (Å²) in [5.41, 5.74) is 0. The van der Waals surface area contributed by atoms with Crippen molar-refractivity contribution in [3.05, 3.63) is 12.4 Å². The lowest BCUT2D eigenvalue weighted by Gasteiger charge is -2.23. The van der Waals surface area contributed by atoms with Crippen LogP contribution in [-0.4, -0.2) is 35.8 Å². The summed E-state index contributed by atoms with van der Waals surface area (Å²) in [6, 6.07) is 1.73. The molecule has 0 spiro atoms. The van der Waals surface area contributed by atoms with E-state index in [1.807, 2.05) is 6.92 Å². The van der Waals surface area contributed by atoms with E-state index in [4.69, 9.17) is 9.47 Å². The van der Waals surface area contributed by atoms with Gasteiger partial charge in [-0.05, 0) is 26.3 Å². The van der Waals surface area contributed by atoms with Crippen LogP contribution in [0.1, 0.15) is 19.8 Å². The van der Waals surface area contributed by atoms with Crippen molar-refractivity contribution in [3.63, 3.8) is 0 Å².